The normalized spacial score (nSPS) is 18.5. The van der Waals surface area contributed by atoms with Crippen LogP contribution in [0.2, 0.25) is 0 Å². The molecule has 2 N–H and O–H groups in total. The van der Waals surface area contributed by atoms with Gasteiger partial charge in [0.2, 0.25) is 0 Å². The van der Waals surface area contributed by atoms with Crippen molar-refractivity contribution in [1.82, 2.24) is 10.6 Å². The quantitative estimate of drug-likeness (QED) is 0.626. The number of hydrogen-bond acceptors (Lipinski definition) is 4. The van der Waals surface area contributed by atoms with E-state index in [2.05, 4.69) is 59.2 Å². The van der Waals surface area contributed by atoms with Gasteiger partial charge in [0.25, 0.3) is 0 Å². The number of piperidine rings is 1. The maximum atomic E-state index is 9.03. The molecule has 1 saturated heterocycles. The Morgan fingerprint density at radius 1 is 1.03 bits per heavy atom. The van der Waals surface area contributed by atoms with E-state index in [9.17, 15) is 0 Å². The van der Waals surface area contributed by atoms with Gasteiger partial charge in [0.15, 0.2) is 0 Å². The second kappa shape index (κ2) is 9.58. The maximum absolute atomic E-state index is 9.03. The van der Waals surface area contributed by atoms with E-state index in [0.29, 0.717) is 17.6 Å². The Bertz CT molecular complexity index is 1010. The summed E-state index contributed by atoms with van der Waals surface area (Å²) < 4.78 is 5.63. The summed E-state index contributed by atoms with van der Waals surface area (Å²) in [7, 11) is 1.72. The third kappa shape index (κ3) is 4.54. The third-order valence-electron chi connectivity index (χ3n) is 5.80. The Kier molecular flexibility index (Phi) is 6.44. The molecule has 0 radical (unpaired) electrons. The van der Waals surface area contributed by atoms with Crippen LogP contribution < -0.4 is 15.4 Å². The van der Waals surface area contributed by atoms with E-state index in [4.69, 9.17) is 10.00 Å². The van der Waals surface area contributed by atoms with Crippen LogP contribution in [-0.2, 0) is 6.54 Å². The van der Waals surface area contributed by atoms with Crippen molar-refractivity contribution in [2.75, 3.05) is 13.7 Å². The maximum Gasteiger partial charge on any atom is 0.123 e. The zero-order chi connectivity index (χ0) is 20.8. The molecule has 0 amide bonds. The van der Waals surface area contributed by atoms with Crippen LogP contribution in [0.25, 0.3) is 11.1 Å². The molecule has 0 saturated carbocycles. The SMILES string of the molecule is COc1ccc(-c2ccc(C#N)cc2)cc1CN[C@H]1CCCN[C@H]1c1ccccc1. The predicted octanol–water partition coefficient (Wildman–Crippen LogP) is 4.82. The highest BCUT2D eigenvalue weighted by molar-refractivity contribution is 5.66. The summed E-state index contributed by atoms with van der Waals surface area (Å²) in [6.45, 7) is 1.79. The second-order valence-electron chi connectivity index (χ2n) is 7.69. The fourth-order valence-electron chi connectivity index (χ4n) is 4.19. The van der Waals surface area contributed by atoms with Gasteiger partial charge < -0.3 is 15.4 Å². The first-order valence-electron chi connectivity index (χ1n) is 10.5. The van der Waals surface area contributed by atoms with Gasteiger partial charge in [-0.1, -0.05) is 48.5 Å². The molecule has 0 bridgehead atoms. The van der Waals surface area contributed by atoms with Gasteiger partial charge in [0.05, 0.1) is 18.7 Å². The van der Waals surface area contributed by atoms with E-state index >= 15 is 0 Å². The van der Waals surface area contributed by atoms with Gasteiger partial charge in [-0.2, -0.15) is 5.26 Å². The van der Waals surface area contributed by atoms with Crippen LogP contribution in [0.3, 0.4) is 0 Å². The number of nitriles is 1. The van der Waals surface area contributed by atoms with Gasteiger partial charge in [-0.25, -0.2) is 0 Å². The highest BCUT2D eigenvalue weighted by atomic mass is 16.5. The minimum Gasteiger partial charge on any atom is -0.496 e. The van der Waals surface area contributed by atoms with Gasteiger partial charge in [-0.05, 0) is 60.3 Å². The molecule has 4 rings (SSSR count). The van der Waals surface area contributed by atoms with Gasteiger partial charge in [0.1, 0.15) is 5.75 Å². The molecular formula is C26H27N3O. The zero-order valence-corrected chi connectivity index (χ0v) is 17.3. The number of nitrogens with zero attached hydrogens (tertiary/aromatic N) is 1. The van der Waals surface area contributed by atoms with Crippen molar-refractivity contribution in [3.8, 4) is 22.9 Å². The molecule has 4 heteroatoms. The fraction of sp³-hybridized carbons (Fsp3) is 0.269. The lowest BCUT2D eigenvalue weighted by atomic mass is 9.92. The van der Waals surface area contributed by atoms with Crippen LogP contribution in [0.5, 0.6) is 5.75 Å². The van der Waals surface area contributed by atoms with Crippen molar-refractivity contribution >= 4 is 0 Å². The lowest BCUT2D eigenvalue weighted by Crippen LogP contribution is -2.45. The average molecular weight is 398 g/mol. The molecule has 3 aromatic rings. The third-order valence-corrected chi connectivity index (χ3v) is 5.80. The Balaban J connectivity index is 1.53. The standard InChI is InChI=1S/C26H27N3O/c1-30-25-14-13-22(20-11-9-19(17-27)10-12-20)16-23(25)18-29-24-8-5-15-28-26(24)21-6-3-2-4-7-21/h2-4,6-7,9-14,16,24,26,28-29H,5,8,15,18H2,1H3/t24-,26-/m0/s1. The van der Waals surface area contributed by atoms with Crippen LogP contribution in [-0.4, -0.2) is 19.7 Å². The first kappa shape index (κ1) is 20.2. The molecule has 1 fully saturated rings. The van der Waals surface area contributed by atoms with E-state index in [1.165, 1.54) is 12.0 Å². The largest absolute Gasteiger partial charge is 0.496 e. The molecule has 1 aliphatic heterocycles. The van der Waals surface area contributed by atoms with Crippen molar-refractivity contribution in [2.24, 2.45) is 0 Å². The number of hydrogen-bond donors (Lipinski definition) is 2. The molecule has 2 atom stereocenters. The summed E-state index contributed by atoms with van der Waals surface area (Å²) in [5.41, 5.74) is 5.36. The van der Waals surface area contributed by atoms with Crippen molar-refractivity contribution in [3.05, 3.63) is 89.5 Å². The smallest absolute Gasteiger partial charge is 0.123 e. The minimum atomic E-state index is 0.313. The Morgan fingerprint density at radius 3 is 2.53 bits per heavy atom. The zero-order valence-electron chi connectivity index (χ0n) is 17.3. The highest BCUT2D eigenvalue weighted by Gasteiger charge is 2.25. The second-order valence-corrected chi connectivity index (χ2v) is 7.69. The van der Waals surface area contributed by atoms with Crippen LogP contribution in [0.4, 0.5) is 0 Å². The van der Waals surface area contributed by atoms with E-state index in [-0.39, 0.29) is 0 Å². The number of benzene rings is 3. The molecule has 4 nitrogen and oxygen atoms in total. The number of ether oxygens (including phenoxy) is 1. The van der Waals surface area contributed by atoms with E-state index < -0.39 is 0 Å². The number of nitrogens with one attached hydrogen (secondary N) is 2. The number of methoxy groups -OCH3 is 1. The molecule has 0 unspecified atom stereocenters. The van der Waals surface area contributed by atoms with E-state index in [1.807, 2.05) is 30.3 Å². The Hall–Kier alpha value is -3.13. The van der Waals surface area contributed by atoms with Crippen molar-refractivity contribution in [1.29, 1.82) is 5.26 Å². The van der Waals surface area contributed by atoms with Gasteiger partial charge in [-0.3, -0.25) is 0 Å². The molecule has 3 aromatic carbocycles. The molecule has 0 aliphatic carbocycles. The molecule has 1 heterocycles. The summed E-state index contributed by atoms with van der Waals surface area (Å²) >= 11 is 0. The first-order chi connectivity index (χ1) is 14.8. The molecular weight excluding hydrogens is 370 g/mol. The van der Waals surface area contributed by atoms with Crippen LogP contribution in [0.15, 0.2) is 72.8 Å². The fourth-order valence-corrected chi connectivity index (χ4v) is 4.19. The minimum absolute atomic E-state index is 0.313. The van der Waals surface area contributed by atoms with Crippen LogP contribution >= 0.6 is 0 Å². The van der Waals surface area contributed by atoms with Crippen molar-refractivity contribution in [3.63, 3.8) is 0 Å². The summed E-state index contributed by atoms with van der Waals surface area (Å²) in [6.07, 6.45) is 2.31. The van der Waals surface area contributed by atoms with Gasteiger partial charge in [0, 0.05) is 24.2 Å². The van der Waals surface area contributed by atoms with E-state index in [0.717, 1.165) is 42.0 Å². The van der Waals surface area contributed by atoms with Crippen molar-refractivity contribution < 1.29 is 4.74 Å². The monoisotopic (exact) mass is 397 g/mol. The summed E-state index contributed by atoms with van der Waals surface area (Å²) in [5.74, 6) is 0.889. The van der Waals surface area contributed by atoms with Crippen LogP contribution in [0, 0.1) is 11.3 Å². The number of rotatable bonds is 6. The molecule has 0 spiro atoms. The van der Waals surface area contributed by atoms with Crippen LogP contribution in [0.1, 0.15) is 35.6 Å². The summed E-state index contributed by atoms with van der Waals surface area (Å²) in [5, 5.41) is 16.5. The lowest BCUT2D eigenvalue weighted by molar-refractivity contribution is 0.303. The Morgan fingerprint density at radius 2 is 1.80 bits per heavy atom. The predicted molar refractivity (Wildman–Crippen MR) is 120 cm³/mol. The molecule has 0 aromatic heterocycles. The van der Waals surface area contributed by atoms with Crippen molar-refractivity contribution in [2.45, 2.75) is 31.5 Å². The molecule has 152 valence electrons. The summed E-state index contributed by atoms with van der Waals surface area (Å²) in [6, 6.07) is 27.5. The van der Waals surface area contributed by atoms with Gasteiger partial charge in [-0.15, -0.1) is 0 Å². The highest BCUT2D eigenvalue weighted by Crippen LogP contribution is 2.29. The Labute approximate surface area is 178 Å². The molecule has 1 aliphatic rings. The van der Waals surface area contributed by atoms with Gasteiger partial charge >= 0.3 is 0 Å². The topological polar surface area (TPSA) is 57.1 Å². The first-order valence-corrected chi connectivity index (χ1v) is 10.5. The average Bonchev–Trinajstić information content (AvgIpc) is 2.83. The lowest BCUT2D eigenvalue weighted by Gasteiger charge is -2.34. The molecule has 30 heavy (non-hydrogen) atoms. The van der Waals surface area contributed by atoms with E-state index in [1.54, 1.807) is 7.11 Å². The summed E-state index contributed by atoms with van der Waals surface area (Å²) in [4.78, 5) is 0.